The Kier molecular flexibility index (Phi) is 5.73. The molecule has 0 radical (unpaired) electrons. The first-order valence-corrected chi connectivity index (χ1v) is 7.94. The molecule has 0 aliphatic heterocycles. The zero-order valence-corrected chi connectivity index (χ0v) is 13.2. The number of aryl methyl sites for hydroxylation is 2. The van der Waals surface area contributed by atoms with E-state index in [1.165, 1.54) is 4.88 Å². The van der Waals surface area contributed by atoms with Gasteiger partial charge in [-0.25, -0.2) is 4.98 Å². The monoisotopic (exact) mass is 324 g/mol. The molecule has 1 aromatic heterocycles. The molecule has 1 aromatic carbocycles. The van der Waals surface area contributed by atoms with Crippen molar-refractivity contribution in [3.63, 3.8) is 0 Å². The van der Waals surface area contributed by atoms with Crippen LogP contribution in [0.5, 0.6) is 0 Å². The highest BCUT2D eigenvalue weighted by Gasteiger charge is 2.19. The van der Waals surface area contributed by atoms with Crippen LogP contribution in [0, 0.1) is 6.92 Å². The fraction of sp³-hybridized carbons (Fsp3) is 0.333. The number of carbonyl (C=O) groups excluding carboxylic acids is 1. The van der Waals surface area contributed by atoms with Gasteiger partial charge in [0.15, 0.2) is 6.10 Å². The number of carbonyl (C=O) groups is 1. The number of hydrogen-bond acceptors (Lipinski definition) is 4. The summed E-state index contributed by atoms with van der Waals surface area (Å²) in [6.07, 6.45) is 0.451. The molecule has 1 heterocycles. The number of rotatable bonds is 6. The molecule has 0 aliphatic rings. The second-order valence-electron chi connectivity index (χ2n) is 4.68. The molecule has 0 fully saturated rings. The number of halogens is 1. The van der Waals surface area contributed by atoms with E-state index in [4.69, 9.17) is 11.6 Å². The second-order valence-corrected chi connectivity index (χ2v) is 6.03. The van der Waals surface area contributed by atoms with Crippen molar-refractivity contribution in [2.45, 2.75) is 25.9 Å². The van der Waals surface area contributed by atoms with Gasteiger partial charge in [-0.05, 0) is 25.8 Å². The lowest BCUT2D eigenvalue weighted by Crippen LogP contribution is -2.30. The first-order valence-electron chi connectivity index (χ1n) is 6.68. The van der Waals surface area contributed by atoms with Crippen LogP contribution in [0.3, 0.4) is 0 Å². The molecule has 112 valence electrons. The summed E-state index contributed by atoms with van der Waals surface area (Å²) in [7, 11) is 0. The Morgan fingerprint density at radius 2 is 2.24 bits per heavy atom. The van der Waals surface area contributed by atoms with Gasteiger partial charge in [0, 0.05) is 22.0 Å². The van der Waals surface area contributed by atoms with Gasteiger partial charge < -0.3 is 10.4 Å². The molecule has 6 heteroatoms. The minimum absolute atomic E-state index is 0.389. The standard InChI is InChI=1S/C15H17ClN2O2S/c1-10-13(21-9-18-10)7-4-8-17-15(20)14(19)11-5-2-3-6-12(11)16/h2-3,5-6,9,14,19H,4,7-8H2,1H3,(H,17,20)/t14-/m0/s1. The summed E-state index contributed by atoms with van der Waals surface area (Å²) in [5.41, 5.74) is 3.29. The molecular formula is C15H17ClN2O2S. The third kappa shape index (κ3) is 4.27. The molecule has 2 rings (SSSR count). The largest absolute Gasteiger partial charge is 0.378 e. The average molecular weight is 325 g/mol. The van der Waals surface area contributed by atoms with E-state index in [-0.39, 0.29) is 0 Å². The molecule has 0 unspecified atom stereocenters. The molecule has 0 bridgehead atoms. The summed E-state index contributed by atoms with van der Waals surface area (Å²) >= 11 is 7.59. The number of hydrogen-bond donors (Lipinski definition) is 2. The van der Waals surface area contributed by atoms with E-state index in [0.29, 0.717) is 17.1 Å². The van der Waals surface area contributed by atoms with E-state index in [0.717, 1.165) is 18.5 Å². The number of benzene rings is 1. The van der Waals surface area contributed by atoms with Crippen LogP contribution < -0.4 is 5.32 Å². The number of nitrogens with one attached hydrogen (secondary N) is 1. The number of amides is 1. The molecule has 0 saturated carbocycles. The Bertz CT molecular complexity index is 615. The van der Waals surface area contributed by atoms with Crippen LogP contribution >= 0.6 is 22.9 Å². The van der Waals surface area contributed by atoms with Crippen LogP contribution in [0.25, 0.3) is 0 Å². The molecule has 0 saturated heterocycles. The molecular weight excluding hydrogens is 308 g/mol. The maximum absolute atomic E-state index is 11.9. The number of thiazole rings is 1. The number of aliphatic hydroxyl groups is 1. The van der Waals surface area contributed by atoms with Gasteiger partial charge >= 0.3 is 0 Å². The predicted octanol–water partition coefficient (Wildman–Crippen LogP) is 2.89. The molecule has 0 aliphatic carbocycles. The number of aliphatic hydroxyl groups excluding tert-OH is 1. The van der Waals surface area contributed by atoms with E-state index in [1.54, 1.807) is 35.6 Å². The summed E-state index contributed by atoms with van der Waals surface area (Å²) < 4.78 is 0. The van der Waals surface area contributed by atoms with Crippen molar-refractivity contribution < 1.29 is 9.90 Å². The molecule has 4 nitrogen and oxygen atoms in total. The van der Waals surface area contributed by atoms with Crippen LogP contribution in [-0.4, -0.2) is 22.5 Å². The van der Waals surface area contributed by atoms with Gasteiger partial charge in [0.05, 0.1) is 11.2 Å². The lowest BCUT2D eigenvalue weighted by Gasteiger charge is -2.12. The highest BCUT2D eigenvalue weighted by molar-refractivity contribution is 7.09. The maximum Gasteiger partial charge on any atom is 0.253 e. The predicted molar refractivity (Wildman–Crippen MR) is 84.6 cm³/mol. The summed E-state index contributed by atoms with van der Waals surface area (Å²) in [6.45, 7) is 2.49. The average Bonchev–Trinajstić information content (AvgIpc) is 2.88. The van der Waals surface area contributed by atoms with Crippen LogP contribution in [-0.2, 0) is 11.2 Å². The highest BCUT2D eigenvalue weighted by atomic mass is 35.5. The van der Waals surface area contributed by atoms with Crippen molar-refractivity contribution in [2.24, 2.45) is 0 Å². The van der Waals surface area contributed by atoms with E-state index in [1.807, 2.05) is 12.4 Å². The first-order chi connectivity index (χ1) is 10.1. The highest BCUT2D eigenvalue weighted by Crippen LogP contribution is 2.22. The third-order valence-corrected chi connectivity index (χ3v) is 4.51. The molecule has 21 heavy (non-hydrogen) atoms. The maximum atomic E-state index is 11.9. The second kappa shape index (κ2) is 7.54. The smallest absolute Gasteiger partial charge is 0.253 e. The van der Waals surface area contributed by atoms with Crippen LogP contribution in [0.1, 0.15) is 28.7 Å². The van der Waals surface area contributed by atoms with Crippen molar-refractivity contribution >= 4 is 28.8 Å². The lowest BCUT2D eigenvalue weighted by atomic mass is 10.1. The fourth-order valence-electron chi connectivity index (χ4n) is 1.96. The van der Waals surface area contributed by atoms with Gasteiger partial charge in [-0.3, -0.25) is 4.79 Å². The Balaban J connectivity index is 1.79. The summed E-state index contributed by atoms with van der Waals surface area (Å²) in [6, 6.07) is 6.80. The lowest BCUT2D eigenvalue weighted by molar-refractivity contribution is -0.129. The quantitative estimate of drug-likeness (QED) is 0.803. The molecule has 1 atom stereocenters. The number of nitrogens with zero attached hydrogens (tertiary/aromatic N) is 1. The topological polar surface area (TPSA) is 62.2 Å². The van der Waals surface area contributed by atoms with Gasteiger partial charge in [-0.1, -0.05) is 29.8 Å². The van der Waals surface area contributed by atoms with E-state index < -0.39 is 12.0 Å². The Hall–Kier alpha value is -1.43. The van der Waals surface area contributed by atoms with Crippen molar-refractivity contribution in [2.75, 3.05) is 6.54 Å². The molecule has 2 aromatic rings. The fourth-order valence-corrected chi connectivity index (χ4v) is 3.02. The Morgan fingerprint density at radius 3 is 2.90 bits per heavy atom. The molecule has 0 spiro atoms. The van der Waals surface area contributed by atoms with Crippen LogP contribution in [0.15, 0.2) is 29.8 Å². The Labute approximate surface area is 132 Å². The summed E-state index contributed by atoms with van der Waals surface area (Å²) in [4.78, 5) is 17.3. The zero-order chi connectivity index (χ0) is 15.2. The third-order valence-electron chi connectivity index (χ3n) is 3.17. The minimum Gasteiger partial charge on any atom is -0.378 e. The van der Waals surface area contributed by atoms with E-state index in [2.05, 4.69) is 10.3 Å². The van der Waals surface area contributed by atoms with E-state index in [9.17, 15) is 9.90 Å². The van der Waals surface area contributed by atoms with Crippen LogP contribution in [0.2, 0.25) is 5.02 Å². The van der Waals surface area contributed by atoms with E-state index >= 15 is 0 Å². The van der Waals surface area contributed by atoms with Crippen molar-refractivity contribution in [3.05, 3.63) is 50.9 Å². The van der Waals surface area contributed by atoms with Gasteiger partial charge in [-0.15, -0.1) is 11.3 Å². The summed E-state index contributed by atoms with van der Waals surface area (Å²) in [5, 5.41) is 13.1. The van der Waals surface area contributed by atoms with Gasteiger partial charge in [0.2, 0.25) is 0 Å². The summed E-state index contributed by atoms with van der Waals surface area (Å²) in [5.74, 6) is -0.427. The normalized spacial score (nSPS) is 12.1. The molecule has 1 amide bonds. The minimum atomic E-state index is -1.23. The molecule has 2 N–H and O–H groups in total. The van der Waals surface area contributed by atoms with Crippen molar-refractivity contribution in [1.82, 2.24) is 10.3 Å². The van der Waals surface area contributed by atoms with Crippen molar-refractivity contribution in [1.29, 1.82) is 0 Å². The van der Waals surface area contributed by atoms with Crippen molar-refractivity contribution in [3.8, 4) is 0 Å². The Morgan fingerprint density at radius 1 is 1.48 bits per heavy atom. The van der Waals surface area contributed by atoms with Gasteiger partial charge in [0.25, 0.3) is 5.91 Å². The number of aromatic nitrogens is 1. The SMILES string of the molecule is Cc1ncsc1CCCNC(=O)[C@@H](O)c1ccccc1Cl. The first kappa shape index (κ1) is 15.9. The van der Waals surface area contributed by atoms with Crippen LogP contribution in [0.4, 0.5) is 0 Å². The zero-order valence-electron chi connectivity index (χ0n) is 11.7. The van der Waals surface area contributed by atoms with Gasteiger partial charge in [-0.2, -0.15) is 0 Å². The van der Waals surface area contributed by atoms with Gasteiger partial charge in [0.1, 0.15) is 0 Å².